The van der Waals surface area contributed by atoms with Crippen LogP contribution in [0.2, 0.25) is 0 Å². The molecule has 60 heavy (non-hydrogen) atoms. The van der Waals surface area contributed by atoms with E-state index >= 15 is 0 Å². The molecule has 0 N–H and O–H groups in total. The van der Waals surface area contributed by atoms with Gasteiger partial charge in [-0.2, -0.15) is 0 Å². The third-order valence-electron chi connectivity index (χ3n) is 10.7. The van der Waals surface area contributed by atoms with Gasteiger partial charge in [-0.15, -0.1) is 0 Å². The summed E-state index contributed by atoms with van der Waals surface area (Å²) in [6.07, 6.45) is 64.8. The van der Waals surface area contributed by atoms with Gasteiger partial charge >= 0.3 is 11.9 Å². The summed E-state index contributed by atoms with van der Waals surface area (Å²) in [4.78, 5) is 25.4. The van der Waals surface area contributed by atoms with Crippen LogP contribution in [0.5, 0.6) is 0 Å². The highest BCUT2D eigenvalue weighted by Crippen LogP contribution is 2.15. The molecule has 0 aliphatic heterocycles. The normalized spacial score (nSPS) is 12.8. The number of allylic oxidation sites excluding steroid dienone is 12. The maximum absolute atomic E-state index is 12.8. The number of carbonyl (C=O) groups excluding carboxylic acids is 2. The van der Waals surface area contributed by atoms with E-state index in [4.69, 9.17) is 14.2 Å². The zero-order chi connectivity index (χ0) is 43.5. The van der Waals surface area contributed by atoms with Gasteiger partial charge in [-0.25, -0.2) is 0 Å². The van der Waals surface area contributed by atoms with Gasteiger partial charge in [0.25, 0.3) is 0 Å². The highest BCUT2D eigenvalue weighted by molar-refractivity contribution is 5.70. The Bertz CT molecular complexity index is 1080. The molecule has 346 valence electrons. The van der Waals surface area contributed by atoms with E-state index in [1.165, 1.54) is 109 Å². The van der Waals surface area contributed by atoms with Crippen molar-refractivity contribution in [3.63, 3.8) is 0 Å². The number of rotatable bonds is 46. The van der Waals surface area contributed by atoms with Crippen LogP contribution in [0.4, 0.5) is 0 Å². The fourth-order valence-electron chi connectivity index (χ4n) is 7.01. The topological polar surface area (TPSA) is 61.8 Å². The summed E-state index contributed by atoms with van der Waals surface area (Å²) >= 11 is 0. The number of hydrogen-bond acceptors (Lipinski definition) is 5. The molecule has 0 fully saturated rings. The van der Waals surface area contributed by atoms with E-state index in [1.807, 2.05) is 0 Å². The van der Waals surface area contributed by atoms with Crippen molar-refractivity contribution in [3.05, 3.63) is 72.9 Å². The Hall–Kier alpha value is -2.66. The molecule has 0 aliphatic carbocycles. The van der Waals surface area contributed by atoms with E-state index in [9.17, 15) is 9.59 Å². The zero-order valence-electron chi connectivity index (χ0n) is 39.7. The van der Waals surface area contributed by atoms with Crippen LogP contribution in [-0.4, -0.2) is 37.9 Å². The molecule has 5 heteroatoms. The first-order chi connectivity index (χ1) is 29.6. The van der Waals surface area contributed by atoms with E-state index < -0.39 is 6.10 Å². The maximum Gasteiger partial charge on any atom is 0.306 e. The Morgan fingerprint density at radius 3 is 1.20 bits per heavy atom. The van der Waals surface area contributed by atoms with Crippen molar-refractivity contribution in [1.29, 1.82) is 0 Å². The first kappa shape index (κ1) is 57.3. The van der Waals surface area contributed by atoms with Gasteiger partial charge in [0, 0.05) is 19.4 Å². The summed E-state index contributed by atoms with van der Waals surface area (Å²) in [7, 11) is 0. The monoisotopic (exact) mass is 837 g/mol. The Morgan fingerprint density at radius 1 is 0.383 bits per heavy atom. The van der Waals surface area contributed by atoms with Gasteiger partial charge in [-0.05, 0) is 83.5 Å². The molecule has 0 heterocycles. The van der Waals surface area contributed by atoms with E-state index in [0.29, 0.717) is 19.4 Å². The number of hydrogen-bond donors (Lipinski definition) is 0. The van der Waals surface area contributed by atoms with Crippen molar-refractivity contribution in [3.8, 4) is 0 Å². The standard InChI is InChI=1S/C55H96O5/c1-4-7-10-13-16-19-22-25-28-30-33-36-39-42-45-48-54(56)59-52-53(51-58-50-47-44-41-38-35-32-27-24-21-18-15-12-9-6-3)60-55(57)49-46-43-40-37-34-31-29-26-23-20-17-14-11-8-5-2/h7,9-10,12,16,18-19,21,25,27-28,32,53H,4-6,8,11,13-15,17,20,22-24,26,29-31,33-52H2,1-3H3/b10-7-,12-9-,19-16-,21-18-,28-25-,32-27-. The number of unbranched alkanes of at least 4 members (excludes halogenated alkanes) is 23. The van der Waals surface area contributed by atoms with E-state index in [-0.39, 0.29) is 25.2 Å². The van der Waals surface area contributed by atoms with Crippen LogP contribution >= 0.6 is 0 Å². The molecule has 0 spiro atoms. The van der Waals surface area contributed by atoms with E-state index in [2.05, 4.69) is 93.7 Å². The summed E-state index contributed by atoms with van der Waals surface area (Å²) < 4.78 is 17.4. The van der Waals surface area contributed by atoms with Gasteiger partial charge < -0.3 is 14.2 Å². The summed E-state index contributed by atoms with van der Waals surface area (Å²) in [6, 6.07) is 0. The third-order valence-corrected chi connectivity index (χ3v) is 10.7. The van der Waals surface area contributed by atoms with Crippen LogP contribution in [0, 0.1) is 0 Å². The summed E-state index contributed by atoms with van der Waals surface area (Å²) in [5, 5.41) is 0. The van der Waals surface area contributed by atoms with Crippen LogP contribution in [0.15, 0.2) is 72.9 Å². The zero-order valence-corrected chi connectivity index (χ0v) is 39.7. The van der Waals surface area contributed by atoms with Crippen LogP contribution in [-0.2, 0) is 23.8 Å². The Balaban J connectivity index is 4.32. The van der Waals surface area contributed by atoms with Crippen LogP contribution in [0.25, 0.3) is 0 Å². The van der Waals surface area contributed by atoms with Crippen LogP contribution in [0.1, 0.15) is 239 Å². The molecule has 0 radical (unpaired) electrons. The summed E-state index contributed by atoms with van der Waals surface area (Å²) in [6.45, 7) is 7.56. The number of carbonyl (C=O) groups is 2. The van der Waals surface area contributed by atoms with Gasteiger partial charge in [0.15, 0.2) is 6.10 Å². The molecule has 0 aromatic heterocycles. The van der Waals surface area contributed by atoms with E-state index in [1.54, 1.807) is 0 Å². The molecule has 0 saturated carbocycles. The minimum Gasteiger partial charge on any atom is -0.462 e. The van der Waals surface area contributed by atoms with Crippen molar-refractivity contribution < 1.29 is 23.8 Å². The van der Waals surface area contributed by atoms with Gasteiger partial charge in [0.2, 0.25) is 0 Å². The molecule has 0 aliphatic rings. The van der Waals surface area contributed by atoms with Crippen LogP contribution < -0.4 is 0 Å². The van der Waals surface area contributed by atoms with Crippen molar-refractivity contribution in [1.82, 2.24) is 0 Å². The van der Waals surface area contributed by atoms with E-state index in [0.717, 1.165) is 96.3 Å². The Labute approximate surface area is 372 Å². The predicted molar refractivity (Wildman–Crippen MR) is 260 cm³/mol. The lowest BCUT2D eigenvalue weighted by atomic mass is 10.0. The second-order valence-electron chi connectivity index (χ2n) is 16.7. The van der Waals surface area contributed by atoms with Crippen molar-refractivity contribution in [2.45, 2.75) is 245 Å². The molecular weight excluding hydrogens is 741 g/mol. The Kier molecular flexibility index (Phi) is 48.4. The summed E-state index contributed by atoms with van der Waals surface area (Å²) in [5.41, 5.74) is 0. The molecule has 0 saturated heterocycles. The second kappa shape index (κ2) is 50.7. The van der Waals surface area contributed by atoms with Gasteiger partial charge in [0.05, 0.1) is 6.61 Å². The Morgan fingerprint density at radius 2 is 0.750 bits per heavy atom. The lowest BCUT2D eigenvalue weighted by Gasteiger charge is -2.18. The first-order valence-electron chi connectivity index (χ1n) is 25.5. The number of esters is 2. The molecule has 0 amide bonds. The van der Waals surface area contributed by atoms with Crippen molar-refractivity contribution in [2.24, 2.45) is 0 Å². The molecular formula is C55H96O5. The van der Waals surface area contributed by atoms with Crippen molar-refractivity contribution in [2.75, 3.05) is 19.8 Å². The minimum atomic E-state index is -0.555. The van der Waals surface area contributed by atoms with Gasteiger partial charge in [-0.3, -0.25) is 9.59 Å². The molecule has 1 atom stereocenters. The minimum absolute atomic E-state index is 0.0668. The second-order valence-corrected chi connectivity index (χ2v) is 16.7. The molecule has 5 nitrogen and oxygen atoms in total. The smallest absolute Gasteiger partial charge is 0.306 e. The molecule has 0 rings (SSSR count). The maximum atomic E-state index is 12.8. The SMILES string of the molecule is CC/C=C\C/C=C\C/C=C\CCCCCCCC(=O)OCC(COCCCCCC/C=C\C/C=C\C/C=C\CC)OC(=O)CCCCCCCCCCCCCCCCC. The lowest BCUT2D eigenvalue weighted by Crippen LogP contribution is -2.30. The molecule has 1 unspecified atom stereocenters. The predicted octanol–water partition coefficient (Wildman–Crippen LogP) is 17.1. The average molecular weight is 837 g/mol. The molecule has 0 aromatic rings. The highest BCUT2D eigenvalue weighted by atomic mass is 16.6. The lowest BCUT2D eigenvalue weighted by molar-refractivity contribution is -0.163. The quantitative estimate of drug-likeness (QED) is 0.0347. The first-order valence-corrected chi connectivity index (χ1v) is 25.5. The summed E-state index contributed by atoms with van der Waals surface area (Å²) in [5.74, 6) is -0.425. The largest absolute Gasteiger partial charge is 0.462 e. The average Bonchev–Trinajstić information content (AvgIpc) is 3.25. The fraction of sp³-hybridized carbons (Fsp3) is 0.745. The molecule has 0 aromatic carbocycles. The van der Waals surface area contributed by atoms with Crippen LogP contribution in [0.3, 0.4) is 0 Å². The third kappa shape index (κ3) is 48.0. The molecule has 0 bridgehead atoms. The van der Waals surface area contributed by atoms with Gasteiger partial charge in [0.1, 0.15) is 6.61 Å². The van der Waals surface area contributed by atoms with Gasteiger partial charge in [-0.1, -0.05) is 216 Å². The highest BCUT2D eigenvalue weighted by Gasteiger charge is 2.17. The fourth-order valence-corrected chi connectivity index (χ4v) is 7.01. The number of ether oxygens (including phenoxy) is 3. The van der Waals surface area contributed by atoms with Crippen molar-refractivity contribution >= 4 is 11.9 Å².